The lowest BCUT2D eigenvalue weighted by molar-refractivity contribution is -0.124. The Labute approximate surface area is 145 Å². The summed E-state index contributed by atoms with van der Waals surface area (Å²) in [4.78, 5) is 27.8. The Kier molecular flexibility index (Phi) is 5.13. The summed E-state index contributed by atoms with van der Waals surface area (Å²) in [7, 11) is 0. The number of urea groups is 1. The van der Waals surface area contributed by atoms with Crippen LogP contribution >= 0.6 is 0 Å². The lowest BCUT2D eigenvalue weighted by Gasteiger charge is -2.22. The topological polar surface area (TPSA) is 92.4 Å². The van der Waals surface area contributed by atoms with Crippen LogP contribution in [0.5, 0.6) is 11.6 Å². The van der Waals surface area contributed by atoms with Crippen LogP contribution in [0.4, 0.5) is 10.5 Å². The third-order valence-electron chi connectivity index (χ3n) is 3.83. The first-order chi connectivity index (χ1) is 12.1. The Hall–Kier alpha value is -3.09. The van der Waals surface area contributed by atoms with Gasteiger partial charge in [-0.2, -0.15) is 0 Å². The highest BCUT2D eigenvalue weighted by Gasteiger charge is 2.23. The molecule has 1 aliphatic heterocycles. The minimum absolute atomic E-state index is 0.152. The van der Waals surface area contributed by atoms with Crippen LogP contribution in [-0.2, 0) is 4.79 Å². The van der Waals surface area contributed by atoms with Gasteiger partial charge in [-0.25, -0.2) is 9.78 Å². The Bertz CT molecular complexity index is 744. The molecule has 7 nitrogen and oxygen atoms in total. The zero-order valence-electron chi connectivity index (χ0n) is 13.9. The summed E-state index contributed by atoms with van der Waals surface area (Å²) in [6, 6.07) is 10.1. The second kappa shape index (κ2) is 7.65. The molecule has 1 fully saturated rings. The average Bonchev–Trinajstić information content (AvgIpc) is 2.61. The van der Waals surface area contributed by atoms with Gasteiger partial charge in [-0.3, -0.25) is 4.79 Å². The van der Waals surface area contributed by atoms with Crippen molar-refractivity contribution in [3.8, 4) is 11.6 Å². The van der Waals surface area contributed by atoms with Crippen molar-refractivity contribution in [2.75, 3.05) is 11.9 Å². The molecule has 3 amide bonds. The quantitative estimate of drug-likeness (QED) is 0.797. The molecule has 3 N–H and O–H groups in total. The van der Waals surface area contributed by atoms with Gasteiger partial charge in [0.05, 0.1) is 11.9 Å². The lowest BCUT2D eigenvalue weighted by atomic mass is 10.1. The molecule has 0 radical (unpaired) electrons. The van der Waals surface area contributed by atoms with Crippen molar-refractivity contribution in [2.24, 2.45) is 0 Å². The fraction of sp³-hybridized carbons (Fsp3) is 0.278. The van der Waals surface area contributed by atoms with E-state index in [9.17, 15) is 9.59 Å². The van der Waals surface area contributed by atoms with Gasteiger partial charge in [-0.1, -0.05) is 17.7 Å². The smallest absolute Gasteiger partial charge is 0.319 e. The van der Waals surface area contributed by atoms with Gasteiger partial charge in [0.1, 0.15) is 11.8 Å². The Morgan fingerprint density at radius 3 is 2.72 bits per heavy atom. The van der Waals surface area contributed by atoms with Crippen molar-refractivity contribution < 1.29 is 14.3 Å². The fourth-order valence-corrected chi connectivity index (χ4v) is 2.48. The molecule has 25 heavy (non-hydrogen) atoms. The maximum atomic E-state index is 12.0. The van der Waals surface area contributed by atoms with Gasteiger partial charge < -0.3 is 20.7 Å². The minimum Gasteiger partial charge on any atom is -0.439 e. The first-order valence-corrected chi connectivity index (χ1v) is 8.16. The van der Waals surface area contributed by atoms with E-state index in [-0.39, 0.29) is 5.91 Å². The first kappa shape index (κ1) is 16.8. The van der Waals surface area contributed by atoms with Crippen LogP contribution in [0.1, 0.15) is 18.4 Å². The number of hydrogen-bond acceptors (Lipinski definition) is 4. The van der Waals surface area contributed by atoms with E-state index in [1.165, 1.54) is 6.20 Å². The predicted octanol–water partition coefficient (Wildman–Crippen LogP) is 2.58. The van der Waals surface area contributed by atoms with Gasteiger partial charge >= 0.3 is 6.03 Å². The molecule has 1 aliphatic rings. The maximum absolute atomic E-state index is 12.0. The van der Waals surface area contributed by atoms with Crippen molar-refractivity contribution in [3.63, 3.8) is 0 Å². The van der Waals surface area contributed by atoms with Crippen molar-refractivity contribution in [3.05, 3.63) is 48.2 Å². The van der Waals surface area contributed by atoms with Crippen molar-refractivity contribution >= 4 is 17.6 Å². The molecule has 1 aromatic heterocycles. The van der Waals surface area contributed by atoms with E-state index in [0.717, 1.165) is 12.0 Å². The number of piperidine rings is 1. The van der Waals surface area contributed by atoms with E-state index in [4.69, 9.17) is 4.74 Å². The highest BCUT2D eigenvalue weighted by Crippen LogP contribution is 2.20. The molecule has 0 spiro atoms. The molecule has 7 heteroatoms. The molecule has 1 atom stereocenters. The van der Waals surface area contributed by atoms with Crippen LogP contribution < -0.4 is 20.7 Å². The van der Waals surface area contributed by atoms with Gasteiger partial charge in [0.15, 0.2) is 0 Å². The number of anilines is 1. The molecule has 1 saturated heterocycles. The number of aryl methyl sites for hydroxylation is 1. The second-order valence-electron chi connectivity index (χ2n) is 5.88. The second-order valence-corrected chi connectivity index (χ2v) is 5.88. The van der Waals surface area contributed by atoms with Gasteiger partial charge in [0, 0.05) is 12.6 Å². The third kappa shape index (κ3) is 4.69. The van der Waals surface area contributed by atoms with E-state index < -0.39 is 12.1 Å². The minimum atomic E-state index is -0.495. The van der Waals surface area contributed by atoms with Crippen LogP contribution in [-0.4, -0.2) is 29.5 Å². The number of nitrogens with one attached hydrogen (secondary N) is 3. The SMILES string of the molecule is Cc1ccc(Oc2ccc(NC(=O)N[C@@H]3CCCNC3=O)cn2)cc1. The first-order valence-electron chi connectivity index (χ1n) is 8.16. The number of hydrogen-bond donors (Lipinski definition) is 3. The summed E-state index contributed by atoms with van der Waals surface area (Å²) in [6.07, 6.45) is 2.99. The van der Waals surface area contributed by atoms with E-state index in [1.54, 1.807) is 12.1 Å². The number of benzene rings is 1. The number of carbonyl (C=O) groups is 2. The van der Waals surface area contributed by atoms with E-state index in [2.05, 4.69) is 20.9 Å². The predicted molar refractivity (Wildman–Crippen MR) is 93.7 cm³/mol. The fourth-order valence-electron chi connectivity index (χ4n) is 2.48. The molecule has 0 aliphatic carbocycles. The van der Waals surface area contributed by atoms with Crippen LogP contribution in [0.3, 0.4) is 0 Å². The van der Waals surface area contributed by atoms with Crippen molar-refractivity contribution in [1.82, 2.24) is 15.6 Å². The number of aromatic nitrogens is 1. The average molecular weight is 340 g/mol. The van der Waals surface area contributed by atoms with E-state index in [1.807, 2.05) is 31.2 Å². The van der Waals surface area contributed by atoms with Crippen molar-refractivity contribution in [2.45, 2.75) is 25.8 Å². The molecule has 3 rings (SSSR count). The molecular weight excluding hydrogens is 320 g/mol. The summed E-state index contributed by atoms with van der Waals surface area (Å²) >= 11 is 0. The third-order valence-corrected chi connectivity index (χ3v) is 3.83. The van der Waals surface area contributed by atoms with Crippen LogP contribution in [0.15, 0.2) is 42.6 Å². The zero-order valence-corrected chi connectivity index (χ0v) is 13.9. The number of carbonyl (C=O) groups excluding carboxylic acids is 2. The summed E-state index contributed by atoms with van der Waals surface area (Å²) in [5.41, 5.74) is 1.67. The number of amides is 3. The molecule has 0 unspecified atom stereocenters. The summed E-state index contributed by atoms with van der Waals surface area (Å²) in [6.45, 7) is 2.66. The van der Waals surface area contributed by atoms with Crippen LogP contribution in [0.25, 0.3) is 0 Å². The molecule has 2 aromatic rings. The summed E-state index contributed by atoms with van der Waals surface area (Å²) < 4.78 is 5.64. The highest BCUT2D eigenvalue weighted by atomic mass is 16.5. The normalized spacial score (nSPS) is 16.7. The lowest BCUT2D eigenvalue weighted by Crippen LogP contribution is -2.51. The van der Waals surface area contributed by atoms with Crippen LogP contribution in [0, 0.1) is 6.92 Å². The van der Waals surface area contributed by atoms with E-state index >= 15 is 0 Å². The maximum Gasteiger partial charge on any atom is 0.319 e. The number of nitrogens with zero attached hydrogens (tertiary/aromatic N) is 1. The van der Waals surface area contributed by atoms with Gasteiger partial charge in [-0.05, 0) is 38.0 Å². The highest BCUT2D eigenvalue weighted by molar-refractivity contribution is 5.93. The van der Waals surface area contributed by atoms with Gasteiger partial charge in [0.25, 0.3) is 0 Å². The molecule has 2 heterocycles. The van der Waals surface area contributed by atoms with Crippen LogP contribution in [0.2, 0.25) is 0 Å². The molecule has 0 bridgehead atoms. The zero-order chi connectivity index (χ0) is 17.6. The summed E-state index contributed by atoms with van der Waals surface area (Å²) in [5.74, 6) is 0.975. The Balaban J connectivity index is 1.54. The van der Waals surface area contributed by atoms with Gasteiger partial charge in [0.2, 0.25) is 11.8 Å². The summed E-state index contributed by atoms with van der Waals surface area (Å²) in [5, 5.41) is 8.04. The molecular formula is C18H20N4O3. The van der Waals surface area contributed by atoms with E-state index in [0.29, 0.717) is 30.3 Å². The molecule has 1 aromatic carbocycles. The Morgan fingerprint density at radius 1 is 1.24 bits per heavy atom. The standard InChI is InChI=1S/C18H20N4O3/c1-12-4-7-14(8-5-12)25-16-9-6-13(11-20-16)21-18(24)22-15-3-2-10-19-17(15)23/h4-9,11,15H,2-3,10H2,1H3,(H,19,23)(H2,21,22,24)/t15-/m1/s1. The molecule has 130 valence electrons. The van der Waals surface area contributed by atoms with Crippen molar-refractivity contribution in [1.29, 1.82) is 0 Å². The molecule has 0 saturated carbocycles. The number of rotatable bonds is 4. The number of pyridine rings is 1. The number of ether oxygens (including phenoxy) is 1. The van der Waals surface area contributed by atoms with Gasteiger partial charge in [-0.15, -0.1) is 0 Å². The Morgan fingerprint density at radius 2 is 2.04 bits per heavy atom. The largest absolute Gasteiger partial charge is 0.439 e. The monoisotopic (exact) mass is 340 g/mol.